The number of phenolic OH excluding ortho intramolecular Hbond substituents is 2. The minimum absolute atomic E-state index is 0.00214. The molecule has 2 bridgehead atoms. The van der Waals surface area contributed by atoms with E-state index in [9.17, 15) is 19.8 Å². The lowest BCUT2D eigenvalue weighted by Gasteiger charge is -2.48. The fourth-order valence-electron chi connectivity index (χ4n) is 8.48. The van der Waals surface area contributed by atoms with Crippen LogP contribution in [0.15, 0.2) is 0 Å². The highest BCUT2D eigenvalue weighted by Gasteiger charge is 2.77. The van der Waals surface area contributed by atoms with E-state index in [1.807, 2.05) is 0 Å². The summed E-state index contributed by atoms with van der Waals surface area (Å²) in [7, 11) is 0. The smallest absolute Gasteiger partial charge is 0.157 e. The molecule has 1 heterocycles. The van der Waals surface area contributed by atoms with Crippen molar-refractivity contribution in [2.75, 3.05) is 0 Å². The summed E-state index contributed by atoms with van der Waals surface area (Å²) in [6, 6.07) is 0. The van der Waals surface area contributed by atoms with Crippen LogP contribution in [0, 0.1) is 40.4 Å². The molecule has 1 aliphatic heterocycles. The Morgan fingerprint density at radius 2 is 1.72 bits per heavy atom. The maximum atomic E-state index is 12.2. The highest BCUT2D eigenvalue weighted by molar-refractivity contribution is 5.95. The number of aromatic hydroxyl groups is 2. The van der Waals surface area contributed by atoms with Crippen LogP contribution >= 0.6 is 0 Å². The van der Waals surface area contributed by atoms with Crippen molar-refractivity contribution in [2.45, 2.75) is 78.7 Å². The predicted molar refractivity (Wildman–Crippen MR) is 121 cm³/mol. The average molecular weight is 441 g/mol. The third kappa shape index (κ3) is 2.40. The monoisotopic (exact) mass is 440 g/mol. The second-order valence-corrected chi connectivity index (χ2v) is 12.3. The average Bonchev–Trinajstić information content (AvgIpc) is 3.11. The van der Waals surface area contributed by atoms with Crippen molar-refractivity contribution in [3.63, 3.8) is 0 Å². The van der Waals surface area contributed by atoms with Gasteiger partial charge in [0, 0.05) is 11.5 Å². The van der Waals surface area contributed by atoms with Gasteiger partial charge in [0.05, 0.1) is 11.1 Å². The minimum atomic E-state index is -0.474. The summed E-state index contributed by atoms with van der Waals surface area (Å²) in [4.78, 5) is 24.0. The number of aldehydes is 2. The van der Waals surface area contributed by atoms with E-state index >= 15 is 0 Å². The Hall–Kier alpha value is -2.04. The number of phenols is 2. The highest BCUT2D eigenvalue weighted by Crippen LogP contribution is 2.80. The molecule has 7 atom stereocenters. The van der Waals surface area contributed by atoms with E-state index in [4.69, 9.17) is 4.74 Å². The van der Waals surface area contributed by atoms with Gasteiger partial charge in [0.2, 0.25) is 0 Å². The number of rotatable bonds is 4. The number of carbonyl (C=O) groups excluding carboxylic acids is 2. The van der Waals surface area contributed by atoms with E-state index in [0.29, 0.717) is 53.5 Å². The summed E-state index contributed by atoms with van der Waals surface area (Å²) in [5, 5.41) is 22.0. The molecule has 5 heteroatoms. The summed E-state index contributed by atoms with van der Waals surface area (Å²) in [6.45, 7) is 13.7. The molecule has 0 spiro atoms. The summed E-state index contributed by atoms with van der Waals surface area (Å²) >= 11 is 0. The van der Waals surface area contributed by atoms with Gasteiger partial charge in [-0.3, -0.25) is 9.59 Å². The van der Waals surface area contributed by atoms with Crippen molar-refractivity contribution in [3.8, 4) is 17.2 Å². The van der Waals surface area contributed by atoms with E-state index in [-0.39, 0.29) is 33.6 Å². The van der Waals surface area contributed by atoms with Gasteiger partial charge in [0.25, 0.3) is 0 Å². The van der Waals surface area contributed by atoms with Crippen LogP contribution in [0.2, 0.25) is 0 Å². The quantitative estimate of drug-likeness (QED) is 0.586. The Bertz CT molecular complexity index is 1010. The fourth-order valence-corrected chi connectivity index (χ4v) is 8.48. The van der Waals surface area contributed by atoms with Gasteiger partial charge in [-0.25, -0.2) is 0 Å². The highest BCUT2D eigenvalue weighted by atomic mass is 16.5. The molecule has 5 nitrogen and oxygen atoms in total. The third-order valence-electron chi connectivity index (χ3n) is 10.1. The van der Waals surface area contributed by atoms with E-state index in [0.717, 1.165) is 25.7 Å². The number of fused-ring (bicyclic) bond motifs is 2. The molecule has 3 fully saturated rings. The molecule has 0 unspecified atom stereocenters. The van der Waals surface area contributed by atoms with Crippen molar-refractivity contribution in [1.29, 1.82) is 0 Å². The maximum Gasteiger partial charge on any atom is 0.157 e. The molecule has 2 N–H and O–H groups in total. The van der Waals surface area contributed by atoms with Crippen molar-refractivity contribution >= 4 is 12.6 Å². The van der Waals surface area contributed by atoms with Crippen molar-refractivity contribution in [1.82, 2.24) is 0 Å². The molecule has 3 saturated carbocycles. The van der Waals surface area contributed by atoms with Crippen LogP contribution in [0.5, 0.6) is 17.2 Å². The van der Waals surface area contributed by atoms with Crippen LogP contribution in [0.4, 0.5) is 0 Å². The van der Waals surface area contributed by atoms with Crippen LogP contribution in [-0.4, -0.2) is 28.4 Å². The normalized spacial score (nSPS) is 40.5. The molecule has 3 aliphatic carbocycles. The molecule has 5 rings (SSSR count). The summed E-state index contributed by atoms with van der Waals surface area (Å²) in [5.41, 5.74) is 0.0446. The van der Waals surface area contributed by atoms with Gasteiger partial charge in [-0.2, -0.15) is 0 Å². The molecule has 0 amide bonds. The molecule has 0 saturated heterocycles. The third-order valence-corrected chi connectivity index (χ3v) is 10.1. The summed E-state index contributed by atoms with van der Waals surface area (Å²) in [5.74, 6) is 1.72. The molecule has 0 aromatic heterocycles. The summed E-state index contributed by atoms with van der Waals surface area (Å²) < 4.78 is 6.94. The molecule has 0 radical (unpaired) electrons. The van der Waals surface area contributed by atoms with E-state index in [2.05, 4.69) is 41.5 Å². The van der Waals surface area contributed by atoms with Gasteiger partial charge >= 0.3 is 0 Å². The summed E-state index contributed by atoms with van der Waals surface area (Å²) in [6.07, 6.45) is 4.85. The van der Waals surface area contributed by atoms with Gasteiger partial charge < -0.3 is 14.9 Å². The first-order chi connectivity index (χ1) is 15.0. The van der Waals surface area contributed by atoms with Crippen molar-refractivity contribution < 1.29 is 24.5 Å². The lowest BCUT2D eigenvalue weighted by molar-refractivity contribution is -0.0753. The Balaban J connectivity index is 1.84. The van der Waals surface area contributed by atoms with Gasteiger partial charge in [-0.15, -0.1) is 0 Å². The Labute approximate surface area is 190 Å². The topological polar surface area (TPSA) is 83.8 Å². The first-order valence-electron chi connectivity index (χ1n) is 12.2. The molecule has 174 valence electrons. The largest absolute Gasteiger partial charge is 0.507 e. The van der Waals surface area contributed by atoms with Gasteiger partial charge in [0.1, 0.15) is 22.8 Å². The van der Waals surface area contributed by atoms with Crippen molar-refractivity contribution in [3.05, 3.63) is 16.7 Å². The zero-order valence-corrected chi connectivity index (χ0v) is 20.1. The van der Waals surface area contributed by atoms with Crippen LogP contribution in [-0.2, 0) is 0 Å². The lowest BCUT2D eigenvalue weighted by Crippen LogP contribution is -2.52. The van der Waals surface area contributed by atoms with Crippen molar-refractivity contribution in [2.24, 2.45) is 40.4 Å². The molecular formula is C27H36O5. The van der Waals surface area contributed by atoms with Crippen LogP contribution in [0.25, 0.3) is 0 Å². The number of ether oxygens (including phenoxy) is 1. The maximum absolute atomic E-state index is 12.2. The van der Waals surface area contributed by atoms with E-state index in [1.165, 1.54) is 0 Å². The standard InChI is InChI=1S/C27H36O5/c1-13(2)9-17-19-22(31)15(11-28)21(30)16(12-29)23(19)32-27-8-7-26(17,6)24(27)20-18(10-14(27)3)25(20,4)5/h11-14,17-18,20,24,30-31H,7-10H2,1-6H3/t14-,17-,18+,20+,24+,26+,27-/m0/s1. The zero-order valence-electron chi connectivity index (χ0n) is 20.1. The van der Waals surface area contributed by atoms with Gasteiger partial charge in [-0.1, -0.05) is 41.5 Å². The Morgan fingerprint density at radius 3 is 2.31 bits per heavy atom. The second kappa shape index (κ2) is 6.51. The molecule has 1 aromatic carbocycles. The Kier molecular flexibility index (Phi) is 4.43. The SMILES string of the molecule is CC(C)C[C@H]1c2c(O)c(C=O)c(O)c(C=O)c2O[C@]23CC[C@@]1(C)[C@H]2[C@H]1[C@@H](C[C@@H]3C)C1(C)C. The molecular weight excluding hydrogens is 404 g/mol. The van der Waals surface area contributed by atoms with Crippen LogP contribution in [0.3, 0.4) is 0 Å². The van der Waals surface area contributed by atoms with E-state index < -0.39 is 11.4 Å². The fraction of sp³-hybridized carbons (Fsp3) is 0.704. The number of benzene rings is 1. The molecule has 4 aliphatic rings. The second-order valence-electron chi connectivity index (χ2n) is 12.3. The number of hydrogen-bond donors (Lipinski definition) is 2. The minimum Gasteiger partial charge on any atom is -0.507 e. The lowest BCUT2D eigenvalue weighted by atomic mass is 9.58. The first-order valence-corrected chi connectivity index (χ1v) is 12.2. The molecule has 32 heavy (non-hydrogen) atoms. The van der Waals surface area contributed by atoms with Crippen LogP contribution < -0.4 is 4.74 Å². The zero-order chi connectivity index (χ0) is 23.4. The van der Waals surface area contributed by atoms with Gasteiger partial charge in [-0.05, 0) is 66.1 Å². The van der Waals surface area contributed by atoms with Gasteiger partial charge in [0.15, 0.2) is 12.6 Å². The number of carbonyl (C=O) groups is 2. The Morgan fingerprint density at radius 1 is 1.06 bits per heavy atom. The van der Waals surface area contributed by atoms with E-state index in [1.54, 1.807) is 0 Å². The van der Waals surface area contributed by atoms with Crippen LogP contribution in [0.1, 0.15) is 99.4 Å². The first kappa shape index (κ1) is 21.8. The molecule has 1 aromatic rings. The predicted octanol–water partition coefficient (Wildman–Crippen LogP) is 5.71. The number of hydrogen-bond acceptors (Lipinski definition) is 5.